The predicted octanol–water partition coefficient (Wildman–Crippen LogP) is 3.68. The Hall–Kier alpha value is -7.28. The van der Waals surface area contributed by atoms with Gasteiger partial charge in [0.05, 0.1) is 54.7 Å². The van der Waals surface area contributed by atoms with E-state index >= 15 is 0 Å². The highest BCUT2D eigenvalue weighted by atomic mass is 16.6. The smallest absolute Gasteiger partial charge is 0.409 e. The van der Waals surface area contributed by atoms with Crippen molar-refractivity contribution in [2.75, 3.05) is 59.8 Å². The zero-order valence-electron chi connectivity index (χ0n) is 53.9. The molecular weight excluding hydrogens is 1130 g/mol. The Balaban J connectivity index is 1.14. The van der Waals surface area contributed by atoms with E-state index in [0.717, 1.165) is 17.1 Å². The Bertz CT molecular complexity index is 2780. The number of nitrogens with one attached hydrogen (secondary N) is 6. The number of anilines is 1. The summed E-state index contributed by atoms with van der Waals surface area (Å²) in [6.07, 6.45) is 1.02. The summed E-state index contributed by atoms with van der Waals surface area (Å²) >= 11 is 0. The van der Waals surface area contributed by atoms with Gasteiger partial charge in [0.25, 0.3) is 11.8 Å². The molecule has 1 unspecified atom stereocenters. The summed E-state index contributed by atoms with van der Waals surface area (Å²) < 4.78 is 17.7. The first-order valence-corrected chi connectivity index (χ1v) is 30.6. The molecule has 88 heavy (non-hydrogen) atoms. The SMILES string of the molecule is CC[C@H](C)[C@@H]([C@@H](CC(=O)N1CCC[C@H]1[C@H](OC)[C@@H](C)C(=O)N[C@H](C)[C@@H](O)c1ccccc1)OC)N(C)C(=O)[C@@H](NC(=O)C(CN(C)C(=O)OCc1ccc(NC(=O)[C@H](C)NC(=O)[C@@H](NC(=O)C2(N3C(=O)C=CC3=O)CNC2)C(C)C)cc1)C(C)C)C(C)C. The van der Waals surface area contributed by atoms with E-state index in [1.807, 2.05) is 59.7 Å². The summed E-state index contributed by atoms with van der Waals surface area (Å²) in [6.45, 7) is 20.0. The number of hydrogen-bond donors (Lipinski definition) is 7. The van der Waals surface area contributed by atoms with Crippen LogP contribution in [0.4, 0.5) is 10.5 Å². The summed E-state index contributed by atoms with van der Waals surface area (Å²) in [5, 5.41) is 27.9. The number of rotatable bonds is 31. The monoisotopic (exact) mass is 1230 g/mol. The molecule has 2 aromatic rings. The van der Waals surface area contributed by atoms with E-state index in [2.05, 4.69) is 31.9 Å². The van der Waals surface area contributed by atoms with Crippen LogP contribution in [0.15, 0.2) is 66.7 Å². The summed E-state index contributed by atoms with van der Waals surface area (Å²) in [4.78, 5) is 141. The highest BCUT2D eigenvalue weighted by Gasteiger charge is 2.55. The molecule has 0 aromatic heterocycles. The van der Waals surface area contributed by atoms with Crippen molar-refractivity contribution in [2.24, 2.45) is 35.5 Å². The van der Waals surface area contributed by atoms with Gasteiger partial charge >= 0.3 is 6.09 Å². The number of aliphatic hydroxyl groups excluding tert-OH is 1. The molecule has 0 spiro atoms. The molecule has 2 fully saturated rings. The second-order valence-corrected chi connectivity index (χ2v) is 24.8. The van der Waals surface area contributed by atoms with Crippen LogP contribution in [0.5, 0.6) is 0 Å². The topological polar surface area (TPSA) is 304 Å². The lowest BCUT2D eigenvalue weighted by atomic mass is 9.88. The minimum Gasteiger partial charge on any atom is -0.445 e. The van der Waals surface area contributed by atoms with Crippen molar-refractivity contribution in [2.45, 2.75) is 169 Å². The normalized spacial score (nSPS) is 19.2. The number of hydrogen-bond acceptors (Lipinski definition) is 15. The fraction of sp³-hybridized carbons (Fsp3) is 0.625. The molecule has 3 heterocycles. The molecule has 24 heteroatoms. The van der Waals surface area contributed by atoms with Gasteiger partial charge in [-0.1, -0.05) is 111 Å². The van der Waals surface area contributed by atoms with Crippen molar-refractivity contribution in [3.8, 4) is 0 Å². The highest BCUT2D eigenvalue weighted by Crippen LogP contribution is 2.31. The summed E-state index contributed by atoms with van der Waals surface area (Å²) in [5.41, 5.74) is 0.142. The first kappa shape index (κ1) is 71.5. The first-order valence-electron chi connectivity index (χ1n) is 30.6. The minimum absolute atomic E-state index is 0.0211. The Morgan fingerprint density at radius 3 is 1.89 bits per heavy atom. The number of benzene rings is 2. The van der Waals surface area contributed by atoms with Crippen molar-refractivity contribution in [3.05, 3.63) is 77.9 Å². The number of ether oxygens (including phenoxy) is 3. The lowest BCUT2D eigenvalue weighted by molar-refractivity contribution is -0.156. The van der Waals surface area contributed by atoms with E-state index in [-0.39, 0.29) is 68.1 Å². The van der Waals surface area contributed by atoms with Gasteiger partial charge in [0.2, 0.25) is 41.4 Å². The van der Waals surface area contributed by atoms with E-state index in [4.69, 9.17) is 14.2 Å². The third-order valence-electron chi connectivity index (χ3n) is 17.5. The highest BCUT2D eigenvalue weighted by molar-refractivity contribution is 6.16. The molecule has 12 atom stereocenters. The maximum absolute atomic E-state index is 14.7. The molecule has 486 valence electrons. The maximum atomic E-state index is 14.7. The van der Waals surface area contributed by atoms with Crippen LogP contribution in [0.3, 0.4) is 0 Å². The minimum atomic E-state index is -1.49. The number of carbonyl (C=O) groups excluding carboxylic acids is 10. The lowest BCUT2D eigenvalue weighted by Crippen LogP contribution is -2.77. The van der Waals surface area contributed by atoms with Gasteiger partial charge in [-0.05, 0) is 73.6 Å². The van der Waals surface area contributed by atoms with Crippen molar-refractivity contribution in [1.29, 1.82) is 0 Å². The van der Waals surface area contributed by atoms with Crippen LogP contribution in [0, 0.1) is 35.5 Å². The van der Waals surface area contributed by atoms with Gasteiger partial charge in [-0.25, -0.2) is 4.79 Å². The third-order valence-corrected chi connectivity index (χ3v) is 17.5. The molecule has 0 aliphatic carbocycles. The van der Waals surface area contributed by atoms with E-state index in [0.29, 0.717) is 42.6 Å². The van der Waals surface area contributed by atoms with E-state index in [9.17, 15) is 53.1 Å². The summed E-state index contributed by atoms with van der Waals surface area (Å²) in [6, 6.07) is 10.8. The largest absolute Gasteiger partial charge is 0.445 e. The maximum Gasteiger partial charge on any atom is 0.409 e. The number of imide groups is 1. The van der Waals surface area contributed by atoms with E-state index in [1.165, 1.54) is 33.1 Å². The quantitative estimate of drug-likeness (QED) is 0.0530. The van der Waals surface area contributed by atoms with Crippen molar-refractivity contribution < 1.29 is 67.3 Å². The molecule has 3 aliphatic heterocycles. The van der Waals surface area contributed by atoms with E-state index in [1.54, 1.807) is 80.9 Å². The zero-order chi connectivity index (χ0) is 65.5. The number of methoxy groups -OCH3 is 2. The van der Waals surface area contributed by atoms with Crippen LogP contribution in [0.25, 0.3) is 0 Å². The van der Waals surface area contributed by atoms with Gasteiger partial charge in [-0.3, -0.25) is 48.1 Å². The number of aliphatic hydroxyl groups is 1. The predicted molar refractivity (Wildman–Crippen MR) is 329 cm³/mol. The fourth-order valence-electron chi connectivity index (χ4n) is 11.6. The van der Waals surface area contributed by atoms with Gasteiger partial charge in [0.1, 0.15) is 24.7 Å². The summed E-state index contributed by atoms with van der Waals surface area (Å²) in [5.74, 6) is -7.11. The Labute approximate surface area is 518 Å². The molecule has 3 aliphatic rings. The molecule has 10 amide bonds. The number of amides is 10. The zero-order valence-corrected chi connectivity index (χ0v) is 53.9. The lowest BCUT2D eigenvalue weighted by Gasteiger charge is -2.46. The van der Waals surface area contributed by atoms with Gasteiger partial charge in [0.15, 0.2) is 5.54 Å². The Morgan fingerprint density at radius 2 is 1.35 bits per heavy atom. The standard InChI is InChI=1S/C64H96N10O14/c1-16-39(8)54(48(86-14)31-51(77)73-30-20-23-47(73)56(87-15)40(9)57(79)66-41(10)55(78)44-21-18-17-19-22-44)72(13)61(83)53(38(6)7)69-59(81)46(36(2)3)32-71(12)63(85)88-33-43-24-26-45(27-25-43)68-58(80)42(11)67-60(82)52(37(4)5)70-62(84)64(34-65-35-64)74-49(75)28-29-50(74)76/h17-19,21-22,24-29,36-42,46-48,52-56,65,78H,16,20,23,30-35H2,1-15H3,(H,66,79)(H,67,82)(H,68,80)(H,69,81)(H,70,84)/t39-,40+,41+,42-,46?,47-,48+,52-,53-,54-,55+,56+/m0/s1. The fourth-order valence-corrected chi connectivity index (χ4v) is 11.6. The average molecular weight is 1230 g/mol. The van der Waals surface area contributed by atoms with Crippen LogP contribution in [0.1, 0.15) is 119 Å². The third kappa shape index (κ3) is 17.5. The molecular formula is C64H96N10O14. The number of likely N-dealkylation sites (tertiary alicyclic amines) is 1. The van der Waals surface area contributed by atoms with E-state index < -0.39 is 119 Å². The number of likely N-dealkylation sites (N-methyl/N-ethyl adjacent to an activating group) is 1. The number of nitrogens with zero attached hydrogens (tertiary/aromatic N) is 4. The molecule has 0 saturated carbocycles. The molecule has 5 rings (SSSR count). The molecule has 2 aromatic carbocycles. The Kier molecular flexibility index (Phi) is 26.2. The van der Waals surface area contributed by atoms with Crippen molar-refractivity contribution in [1.82, 2.24) is 46.2 Å². The van der Waals surface area contributed by atoms with Crippen molar-refractivity contribution in [3.63, 3.8) is 0 Å². The van der Waals surface area contributed by atoms with Crippen LogP contribution in [-0.2, 0) is 64.0 Å². The van der Waals surface area contributed by atoms with Crippen LogP contribution >= 0.6 is 0 Å². The van der Waals surface area contributed by atoms with Gasteiger partial charge in [-0.15, -0.1) is 0 Å². The molecule has 0 bridgehead atoms. The second kappa shape index (κ2) is 32.3. The average Bonchev–Trinajstić information content (AvgIpc) is 1.53. The molecule has 24 nitrogen and oxygen atoms in total. The summed E-state index contributed by atoms with van der Waals surface area (Å²) in [7, 11) is 6.21. The molecule has 0 radical (unpaired) electrons. The van der Waals surface area contributed by atoms with Crippen molar-refractivity contribution >= 4 is 64.9 Å². The van der Waals surface area contributed by atoms with Crippen LogP contribution in [-0.4, -0.2) is 192 Å². The first-order chi connectivity index (χ1) is 41.5. The van der Waals surface area contributed by atoms with Crippen LogP contribution < -0.4 is 31.9 Å². The second-order valence-electron chi connectivity index (χ2n) is 24.8. The molecule has 2 saturated heterocycles. The Morgan fingerprint density at radius 1 is 0.739 bits per heavy atom. The molecule has 7 N–H and O–H groups in total. The number of carbonyl (C=O) groups is 10. The van der Waals surface area contributed by atoms with Crippen LogP contribution in [0.2, 0.25) is 0 Å². The van der Waals surface area contributed by atoms with Gasteiger partial charge in [-0.2, -0.15) is 0 Å². The van der Waals surface area contributed by atoms with Gasteiger partial charge < -0.3 is 65.9 Å². The van der Waals surface area contributed by atoms with Gasteiger partial charge in [0, 0.05) is 72.3 Å².